The van der Waals surface area contributed by atoms with Crippen LogP contribution < -0.4 is 0 Å². The van der Waals surface area contributed by atoms with E-state index in [0.29, 0.717) is 0 Å². The Balaban J connectivity index is 4.29. The van der Waals surface area contributed by atoms with Crippen LogP contribution in [0.1, 0.15) is 105 Å². The summed E-state index contributed by atoms with van der Waals surface area (Å²) >= 11 is 0. The van der Waals surface area contributed by atoms with E-state index in [4.69, 9.17) is 4.74 Å². The van der Waals surface area contributed by atoms with Gasteiger partial charge < -0.3 is 4.74 Å². The highest BCUT2D eigenvalue weighted by Crippen LogP contribution is 2.36. The molecular formula is C19H40O. The zero-order valence-corrected chi connectivity index (χ0v) is 15.0. The van der Waals surface area contributed by atoms with Gasteiger partial charge in [-0.1, -0.05) is 72.6 Å². The molecule has 0 fully saturated rings. The molecule has 0 aliphatic carbocycles. The van der Waals surface area contributed by atoms with Gasteiger partial charge in [-0.05, 0) is 38.5 Å². The first-order valence-electron chi connectivity index (χ1n) is 9.34. The number of ether oxygens (including phenoxy) is 1. The second kappa shape index (κ2) is 12.7. The van der Waals surface area contributed by atoms with Crippen molar-refractivity contribution in [2.24, 2.45) is 5.92 Å². The summed E-state index contributed by atoms with van der Waals surface area (Å²) in [6.07, 6.45) is 14.7. The lowest BCUT2D eigenvalue weighted by Gasteiger charge is -2.40. The predicted octanol–water partition coefficient (Wildman–Crippen LogP) is 6.75. The third-order valence-electron chi connectivity index (χ3n) is 4.92. The van der Waals surface area contributed by atoms with E-state index in [0.717, 1.165) is 25.4 Å². The van der Waals surface area contributed by atoms with Crippen molar-refractivity contribution in [1.82, 2.24) is 0 Å². The van der Waals surface area contributed by atoms with E-state index in [1.54, 1.807) is 0 Å². The van der Waals surface area contributed by atoms with Gasteiger partial charge in [0.05, 0.1) is 5.60 Å². The number of unbranched alkanes of at least 4 members (excludes halogenated alkanes) is 5. The molecule has 0 radical (unpaired) electrons. The average Bonchev–Trinajstić information content (AvgIpc) is 2.47. The first-order chi connectivity index (χ1) is 9.70. The molecule has 0 rings (SSSR count). The largest absolute Gasteiger partial charge is 0.375 e. The fraction of sp³-hybridized carbons (Fsp3) is 1.00. The van der Waals surface area contributed by atoms with Crippen molar-refractivity contribution in [3.8, 4) is 0 Å². The Morgan fingerprint density at radius 1 is 0.700 bits per heavy atom. The number of hydrogen-bond donors (Lipinski definition) is 0. The molecule has 20 heavy (non-hydrogen) atoms. The first kappa shape index (κ1) is 20.0. The maximum Gasteiger partial charge on any atom is 0.0705 e. The lowest BCUT2D eigenvalue weighted by molar-refractivity contribution is -0.0932. The van der Waals surface area contributed by atoms with Gasteiger partial charge in [-0.25, -0.2) is 0 Å². The number of rotatable bonds is 14. The van der Waals surface area contributed by atoms with E-state index in [2.05, 4.69) is 34.6 Å². The summed E-state index contributed by atoms with van der Waals surface area (Å²) in [7, 11) is 0. The van der Waals surface area contributed by atoms with Gasteiger partial charge in [0, 0.05) is 6.61 Å². The third-order valence-corrected chi connectivity index (χ3v) is 4.92. The van der Waals surface area contributed by atoms with Crippen molar-refractivity contribution in [3.05, 3.63) is 0 Å². The van der Waals surface area contributed by atoms with Gasteiger partial charge in [0.15, 0.2) is 0 Å². The van der Waals surface area contributed by atoms with Gasteiger partial charge in [0.2, 0.25) is 0 Å². The minimum absolute atomic E-state index is 0.147. The molecule has 122 valence electrons. The van der Waals surface area contributed by atoms with E-state index >= 15 is 0 Å². The first-order valence-corrected chi connectivity index (χ1v) is 9.34. The Morgan fingerprint density at radius 2 is 1.30 bits per heavy atom. The molecule has 0 bridgehead atoms. The molecule has 1 unspecified atom stereocenters. The molecule has 0 N–H and O–H groups in total. The van der Waals surface area contributed by atoms with Crippen LogP contribution in [-0.4, -0.2) is 12.2 Å². The Hall–Kier alpha value is -0.0400. The van der Waals surface area contributed by atoms with Crippen molar-refractivity contribution in [2.45, 2.75) is 111 Å². The van der Waals surface area contributed by atoms with Crippen LogP contribution in [-0.2, 0) is 4.74 Å². The van der Waals surface area contributed by atoms with Crippen molar-refractivity contribution < 1.29 is 4.74 Å². The Kier molecular flexibility index (Phi) is 12.7. The monoisotopic (exact) mass is 284 g/mol. The molecule has 0 aliphatic rings. The van der Waals surface area contributed by atoms with Crippen molar-refractivity contribution in [3.63, 3.8) is 0 Å². The molecular weight excluding hydrogens is 244 g/mol. The average molecular weight is 285 g/mol. The predicted molar refractivity (Wildman–Crippen MR) is 91.3 cm³/mol. The summed E-state index contributed by atoms with van der Waals surface area (Å²) in [5, 5.41) is 0. The smallest absolute Gasteiger partial charge is 0.0705 e. The standard InChI is InChI=1S/C19H40O/c1-6-11-12-13-14-15-17-18(16-7-2)19(8-3,9-4)20-10-5/h18H,6-17H2,1-5H3. The molecule has 0 saturated carbocycles. The molecule has 0 aromatic heterocycles. The SMILES string of the molecule is CCCCCCCCC(CCC)C(CC)(CC)OCC. The number of hydrogen-bond acceptors (Lipinski definition) is 1. The van der Waals surface area contributed by atoms with Crippen molar-refractivity contribution >= 4 is 0 Å². The van der Waals surface area contributed by atoms with Crippen molar-refractivity contribution in [2.75, 3.05) is 6.61 Å². The Morgan fingerprint density at radius 3 is 1.80 bits per heavy atom. The summed E-state index contributed by atoms with van der Waals surface area (Å²) in [4.78, 5) is 0. The van der Waals surface area contributed by atoms with Gasteiger partial charge in [0.25, 0.3) is 0 Å². The van der Waals surface area contributed by atoms with Gasteiger partial charge in [-0.15, -0.1) is 0 Å². The van der Waals surface area contributed by atoms with E-state index < -0.39 is 0 Å². The summed E-state index contributed by atoms with van der Waals surface area (Å²) in [6, 6.07) is 0. The highest BCUT2D eigenvalue weighted by atomic mass is 16.5. The molecule has 0 aromatic carbocycles. The van der Waals surface area contributed by atoms with Crippen LogP contribution in [0.15, 0.2) is 0 Å². The molecule has 0 aromatic rings. The topological polar surface area (TPSA) is 9.23 Å². The van der Waals surface area contributed by atoms with Crippen LogP contribution in [0.3, 0.4) is 0 Å². The fourth-order valence-corrected chi connectivity index (χ4v) is 3.63. The van der Waals surface area contributed by atoms with Gasteiger partial charge in [-0.3, -0.25) is 0 Å². The highest BCUT2D eigenvalue weighted by molar-refractivity contribution is 4.86. The van der Waals surface area contributed by atoms with Gasteiger partial charge in [-0.2, -0.15) is 0 Å². The second-order valence-corrected chi connectivity index (χ2v) is 6.25. The highest BCUT2D eigenvalue weighted by Gasteiger charge is 2.35. The summed E-state index contributed by atoms with van der Waals surface area (Å²) in [6.45, 7) is 12.2. The molecule has 0 saturated heterocycles. The van der Waals surface area contributed by atoms with Crippen LogP contribution in [0.4, 0.5) is 0 Å². The summed E-state index contributed by atoms with van der Waals surface area (Å²) in [5.41, 5.74) is 0.147. The van der Waals surface area contributed by atoms with E-state index in [1.807, 2.05) is 0 Å². The quantitative estimate of drug-likeness (QED) is 0.321. The fourth-order valence-electron chi connectivity index (χ4n) is 3.63. The van der Waals surface area contributed by atoms with Crippen molar-refractivity contribution in [1.29, 1.82) is 0 Å². The maximum atomic E-state index is 6.24. The van der Waals surface area contributed by atoms with E-state index in [-0.39, 0.29) is 5.60 Å². The molecule has 0 aliphatic heterocycles. The van der Waals surface area contributed by atoms with Crippen LogP contribution in [0, 0.1) is 5.92 Å². The zero-order valence-electron chi connectivity index (χ0n) is 15.0. The molecule has 0 spiro atoms. The minimum Gasteiger partial charge on any atom is -0.375 e. The third kappa shape index (κ3) is 7.11. The molecule has 0 heterocycles. The Labute approximate surface area is 128 Å². The molecule has 0 amide bonds. The minimum atomic E-state index is 0.147. The maximum absolute atomic E-state index is 6.24. The Bertz CT molecular complexity index is 196. The van der Waals surface area contributed by atoms with Gasteiger partial charge >= 0.3 is 0 Å². The van der Waals surface area contributed by atoms with Crippen LogP contribution >= 0.6 is 0 Å². The van der Waals surface area contributed by atoms with Crippen LogP contribution in [0.5, 0.6) is 0 Å². The van der Waals surface area contributed by atoms with E-state index in [9.17, 15) is 0 Å². The summed E-state index contributed by atoms with van der Waals surface area (Å²) in [5.74, 6) is 0.758. The lowest BCUT2D eigenvalue weighted by atomic mass is 9.77. The zero-order chi connectivity index (χ0) is 15.3. The second-order valence-electron chi connectivity index (χ2n) is 6.25. The molecule has 1 atom stereocenters. The summed E-state index contributed by atoms with van der Waals surface area (Å²) < 4.78 is 6.24. The molecule has 1 heteroatoms. The normalized spacial score (nSPS) is 13.7. The lowest BCUT2D eigenvalue weighted by Crippen LogP contribution is -2.40. The van der Waals surface area contributed by atoms with E-state index in [1.165, 1.54) is 57.8 Å². The van der Waals surface area contributed by atoms with Gasteiger partial charge in [0.1, 0.15) is 0 Å². The van der Waals surface area contributed by atoms with Crippen LogP contribution in [0.25, 0.3) is 0 Å². The van der Waals surface area contributed by atoms with Crippen LogP contribution in [0.2, 0.25) is 0 Å². The molecule has 1 nitrogen and oxygen atoms in total.